The van der Waals surface area contributed by atoms with Gasteiger partial charge < -0.3 is 4.74 Å². The molecule has 0 N–H and O–H groups in total. The van der Waals surface area contributed by atoms with Gasteiger partial charge in [0, 0.05) is 10.1 Å². The van der Waals surface area contributed by atoms with Crippen LogP contribution in [0, 0.1) is 11.3 Å². The summed E-state index contributed by atoms with van der Waals surface area (Å²) in [6.07, 6.45) is 1.02. The van der Waals surface area contributed by atoms with Crippen molar-refractivity contribution in [1.82, 2.24) is 0 Å². The summed E-state index contributed by atoms with van der Waals surface area (Å²) >= 11 is 7.95. The van der Waals surface area contributed by atoms with Crippen LogP contribution < -0.4 is 4.74 Å². The first-order chi connectivity index (χ1) is 9.76. The van der Waals surface area contributed by atoms with E-state index in [9.17, 15) is 0 Å². The predicted octanol–water partition coefficient (Wildman–Crippen LogP) is 4.31. The molecule has 1 heterocycles. The van der Waals surface area contributed by atoms with E-state index in [0.29, 0.717) is 28.2 Å². The summed E-state index contributed by atoms with van der Waals surface area (Å²) in [5.41, 5.74) is 1.93. The minimum atomic E-state index is 0.416. The van der Waals surface area contributed by atoms with E-state index >= 15 is 0 Å². The van der Waals surface area contributed by atoms with E-state index in [-0.39, 0.29) is 0 Å². The van der Waals surface area contributed by atoms with Gasteiger partial charge in [-0.15, -0.1) is 11.8 Å². The molecule has 0 aliphatic carbocycles. The zero-order valence-electron chi connectivity index (χ0n) is 10.7. The van der Waals surface area contributed by atoms with Crippen LogP contribution in [0.1, 0.15) is 11.1 Å². The molecule has 1 aliphatic rings. The maximum Gasteiger partial charge on any atom is 0.138 e. The third-order valence-corrected chi connectivity index (χ3v) is 4.78. The molecule has 0 saturated heterocycles. The highest BCUT2D eigenvalue weighted by Gasteiger charge is 2.22. The van der Waals surface area contributed by atoms with Gasteiger partial charge in [-0.3, -0.25) is 0 Å². The Morgan fingerprint density at radius 1 is 1.30 bits per heavy atom. The molecule has 0 spiro atoms. The minimum absolute atomic E-state index is 0.416. The Morgan fingerprint density at radius 3 is 2.90 bits per heavy atom. The largest absolute Gasteiger partial charge is 0.491 e. The Kier molecular flexibility index (Phi) is 3.86. The maximum absolute atomic E-state index is 8.80. The van der Waals surface area contributed by atoms with E-state index in [1.807, 2.05) is 11.8 Å². The molecule has 2 aromatic carbocycles. The molecule has 0 radical (unpaired) electrons. The van der Waals surface area contributed by atoms with Crippen molar-refractivity contribution in [2.24, 2.45) is 0 Å². The van der Waals surface area contributed by atoms with Crippen LogP contribution in [0.2, 0.25) is 5.02 Å². The number of thioether (sulfide) groups is 1. The van der Waals surface area contributed by atoms with Crippen molar-refractivity contribution in [1.29, 1.82) is 5.26 Å². The summed E-state index contributed by atoms with van der Waals surface area (Å²) in [5.74, 6) is 0.641. The van der Waals surface area contributed by atoms with Gasteiger partial charge in [-0.05, 0) is 36.2 Å². The first-order valence-electron chi connectivity index (χ1n) is 6.33. The van der Waals surface area contributed by atoms with E-state index < -0.39 is 0 Å². The fourth-order valence-electron chi connectivity index (χ4n) is 2.22. The van der Waals surface area contributed by atoms with Gasteiger partial charge in [-0.25, -0.2) is 0 Å². The molecule has 1 aliphatic heterocycles. The molecule has 100 valence electrons. The minimum Gasteiger partial charge on any atom is -0.491 e. The van der Waals surface area contributed by atoms with Crippen molar-refractivity contribution >= 4 is 23.4 Å². The predicted molar refractivity (Wildman–Crippen MR) is 81.5 cm³/mol. The van der Waals surface area contributed by atoms with Crippen LogP contribution in [0.25, 0.3) is 0 Å². The number of nitriles is 1. The Labute approximate surface area is 127 Å². The van der Waals surface area contributed by atoms with Gasteiger partial charge in [0.2, 0.25) is 0 Å². The molecule has 2 aromatic rings. The SMILES string of the molecule is N#Cc1ccc(OCC2Cc3ccccc3S2)c(Cl)c1. The summed E-state index contributed by atoms with van der Waals surface area (Å²) in [5, 5.41) is 9.71. The van der Waals surface area contributed by atoms with Gasteiger partial charge >= 0.3 is 0 Å². The highest BCUT2D eigenvalue weighted by atomic mass is 35.5. The average Bonchev–Trinajstić information content (AvgIpc) is 2.88. The van der Waals surface area contributed by atoms with Crippen LogP contribution in [0.15, 0.2) is 47.4 Å². The normalized spacial score (nSPS) is 16.5. The van der Waals surface area contributed by atoms with Gasteiger partial charge in [0.15, 0.2) is 0 Å². The van der Waals surface area contributed by atoms with E-state index in [1.165, 1.54) is 10.5 Å². The van der Waals surface area contributed by atoms with Crippen molar-refractivity contribution in [3.8, 4) is 11.8 Å². The van der Waals surface area contributed by atoms with Crippen LogP contribution >= 0.6 is 23.4 Å². The zero-order valence-corrected chi connectivity index (χ0v) is 12.2. The van der Waals surface area contributed by atoms with Gasteiger partial charge in [0.1, 0.15) is 12.4 Å². The van der Waals surface area contributed by atoms with Crippen molar-refractivity contribution in [2.45, 2.75) is 16.6 Å². The average molecular weight is 302 g/mol. The fourth-order valence-corrected chi connectivity index (χ4v) is 3.67. The topological polar surface area (TPSA) is 33.0 Å². The summed E-state index contributed by atoms with van der Waals surface area (Å²) in [4.78, 5) is 1.34. The van der Waals surface area contributed by atoms with Gasteiger partial charge in [0.25, 0.3) is 0 Å². The van der Waals surface area contributed by atoms with E-state index in [2.05, 4.69) is 30.3 Å². The van der Waals surface area contributed by atoms with Gasteiger partial charge in [-0.2, -0.15) is 5.26 Å². The van der Waals surface area contributed by atoms with E-state index in [0.717, 1.165) is 6.42 Å². The molecule has 20 heavy (non-hydrogen) atoms. The highest BCUT2D eigenvalue weighted by Crippen LogP contribution is 2.37. The first kappa shape index (κ1) is 13.4. The second-order valence-corrected chi connectivity index (χ2v) is 6.37. The summed E-state index contributed by atoms with van der Waals surface area (Å²) in [6, 6.07) is 15.6. The van der Waals surface area contributed by atoms with Crippen molar-refractivity contribution < 1.29 is 4.74 Å². The lowest BCUT2D eigenvalue weighted by atomic mass is 10.1. The molecule has 2 nitrogen and oxygen atoms in total. The number of hydrogen-bond acceptors (Lipinski definition) is 3. The number of benzene rings is 2. The van der Waals surface area contributed by atoms with Crippen molar-refractivity contribution in [3.05, 3.63) is 58.6 Å². The second kappa shape index (κ2) is 5.78. The molecular formula is C16H12ClNOS. The number of rotatable bonds is 3. The Hall–Kier alpha value is -1.63. The van der Waals surface area contributed by atoms with Crippen LogP contribution in [0.5, 0.6) is 5.75 Å². The molecule has 4 heteroatoms. The monoisotopic (exact) mass is 301 g/mol. The molecule has 0 bridgehead atoms. The smallest absolute Gasteiger partial charge is 0.138 e. The number of halogens is 1. The van der Waals surface area contributed by atoms with Gasteiger partial charge in [-0.1, -0.05) is 29.8 Å². The Bertz CT molecular complexity index is 655. The van der Waals surface area contributed by atoms with Crippen molar-refractivity contribution in [2.75, 3.05) is 6.61 Å². The number of hydrogen-bond donors (Lipinski definition) is 0. The fraction of sp³-hybridized carbons (Fsp3) is 0.188. The third kappa shape index (κ3) is 2.77. The molecule has 3 rings (SSSR count). The summed E-state index contributed by atoms with van der Waals surface area (Å²) in [7, 11) is 0. The molecule has 0 fully saturated rings. The Morgan fingerprint density at radius 2 is 2.15 bits per heavy atom. The number of ether oxygens (including phenoxy) is 1. The number of nitrogens with zero attached hydrogens (tertiary/aromatic N) is 1. The van der Waals surface area contributed by atoms with E-state index in [1.54, 1.807) is 18.2 Å². The van der Waals surface area contributed by atoms with Crippen LogP contribution in [0.3, 0.4) is 0 Å². The van der Waals surface area contributed by atoms with Crippen molar-refractivity contribution in [3.63, 3.8) is 0 Å². The second-order valence-electron chi connectivity index (χ2n) is 4.62. The Balaban J connectivity index is 1.63. The van der Waals surface area contributed by atoms with Gasteiger partial charge in [0.05, 0.1) is 16.7 Å². The lowest BCUT2D eigenvalue weighted by Gasteiger charge is -2.12. The molecule has 1 unspecified atom stereocenters. The first-order valence-corrected chi connectivity index (χ1v) is 7.59. The lowest BCUT2D eigenvalue weighted by molar-refractivity contribution is 0.318. The standard InChI is InChI=1S/C16H12ClNOS/c17-14-7-11(9-18)5-6-15(14)19-10-13-8-12-3-1-2-4-16(12)20-13/h1-7,13H,8,10H2. The van der Waals surface area contributed by atoms with E-state index in [4.69, 9.17) is 21.6 Å². The number of fused-ring (bicyclic) bond motifs is 1. The quantitative estimate of drug-likeness (QED) is 0.847. The van der Waals surface area contributed by atoms with Crippen LogP contribution in [-0.4, -0.2) is 11.9 Å². The molecule has 0 amide bonds. The van der Waals surface area contributed by atoms with Crippen LogP contribution in [0.4, 0.5) is 0 Å². The third-order valence-electron chi connectivity index (χ3n) is 3.20. The molecule has 0 saturated carbocycles. The van der Waals surface area contributed by atoms with Crippen LogP contribution in [-0.2, 0) is 6.42 Å². The summed E-state index contributed by atoms with van der Waals surface area (Å²) in [6.45, 7) is 0.616. The highest BCUT2D eigenvalue weighted by molar-refractivity contribution is 8.00. The molecule has 0 aromatic heterocycles. The molecule has 1 atom stereocenters. The molecular weight excluding hydrogens is 290 g/mol. The maximum atomic E-state index is 8.80. The summed E-state index contributed by atoms with van der Waals surface area (Å²) < 4.78 is 5.79. The zero-order chi connectivity index (χ0) is 13.9. The lowest BCUT2D eigenvalue weighted by Crippen LogP contribution is -2.13.